The van der Waals surface area contributed by atoms with Crippen molar-refractivity contribution in [2.45, 2.75) is 316 Å². The Balaban J connectivity index is 4.17. The zero-order valence-electron chi connectivity index (χ0n) is 41.6. The fraction of sp³-hybridized carbons (Fsp3) is 0.945. The second-order valence-corrected chi connectivity index (χ2v) is 19.1. The van der Waals surface area contributed by atoms with Crippen LogP contribution in [0.5, 0.6) is 0 Å². The molecule has 0 N–H and O–H groups in total. The minimum absolute atomic E-state index is 0.0625. The first kappa shape index (κ1) is 59.4. The van der Waals surface area contributed by atoms with Crippen LogP contribution in [0.2, 0.25) is 0 Å². The molecule has 0 spiro atoms. The van der Waals surface area contributed by atoms with Crippen molar-refractivity contribution in [3.05, 3.63) is 0 Å². The molecule has 0 saturated carbocycles. The molecule has 0 aromatic heterocycles. The normalized spacial score (nSPS) is 12.4. The number of ether oxygens (including phenoxy) is 3. The van der Waals surface area contributed by atoms with Crippen molar-refractivity contribution in [1.82, 2.24) is 0 Å². The first-order valence-corrected chi connectivity index (χ1v) is 27.4. The average Bonchev–Trinajstić information content (AvgIpc) is 3.26. The Morgan fingerprint density at radius 2 is 0.574 bits per heavy atom. The Kier molecular flexibility index (Phi) is 48.1. The predicted octanol–water partition coefficient (Wildman–Crippen LogP) is 17.8. The van der Waals surface area contributed by atoms with Crippen LogP contribution in [0, 0.1) is 5.92 Å². The van der Waals surface area contributed by atoms with Crippen LogP contribution in [0.15, 0.2) is 0 Å². The molecule has 6 nitrogen and oxygen atoms in total. The van der Waals surface area contributed by atoms with Gasteiger partial charge < -0.3 is 14.2 Å². The fourth-order valence-electron chi connectivity index (χ4n) is 8.36. The Hall–Kier alpha value is -1.59. The van der Waals surface area contributed by atoms with E-state index in [0.717, 1.165) is 63.7 Å². The van der Waals surface area contributed by atoms with Gasteiger partial charge in [0.1, 0.15) is 13.2 Å². The van der Waals surface area contributed by atoms with Crippen molar-refractivity contribution < 1.29 is 28.6 Å². The Morgan fingerprint density at radius 1 is 0.328 bits per heavy atom. The Morgan fingerprint density at radius 3 is 0.852 bits per heavy atom. The van der Waals surface area contributed by atoms with E-state index in [0.29, 0.717) is 19.3 Å². The van der Waals surface area contributed by atoms with Crippen molar-refractivity contribution in [3.63, 3.8) is 0 Å². The molecule has 0 radical (unpaired) electrons. The van der Waals surface area contributed by atoms with E-state index in [1.165, 1.54) is 205 Å². The summed E-state index contributed by atoms with van der Waals surface area (Å²) in [6, 6.07) is 0. The fourth-order valence-corrected chi connectivity index (χ4v) is 8.36. The molecule has 0 amide bonds. The number of carbonyl (C=O) groups excluding carboxylic acids is 3. The molecule has 1 unspecified atom stereocenters. The minimum atomic E-state index is -0.760. The van der Waals surface area contributed by atoms with Crippen LogP contribution in [0.1, 0.15) is 310 Å². The highest BCUT2D eigenvalue weighted by Crippen LogP contribution is 2.18. The maximum Gasteiger partial charge on any atom is 0.306 e. The Bertz CT molecular complexity index is 920. The number of hydrogen-bond donors (Lipinski definition) is 0. The first-order valence-electron chi connectivity index (χ1n) is 27.4. The maximum atomic E-state index is 12.8. The summed E-state index contributed by atoms with van der Waals surface area (Å²) in [5.41, 5.74) is 0. The summed E-state index contributed by atoms with van der Waals surface area (Å²) in [6.07, 6.45) is 52.3. The SMILES string of the molecule is CCCCCCCCCCCCCCC(=O)OC[C@H](COC(=O)CCCCCCCCCCC)OC(=O)CCCCCCCCCCCCCCCCCCCCC(C)CC. The van der Waals surface area contributed by atoms with E-state index in [2.05, 4.69) is 27.7 Å². The molecule has 0 aliphatic heterocycles. The summed E-state index contributed by atoms with van der Waals surface area (Å²) < 4.78 is 16.8. The lowest BCUT2D eigenvalue weighted by atomic mass is 9.99. The quantitative estimate of drug-likeness (QED) is 0.0344. The van der Waals surface area contributed by atoms with Crippen LogP contribution >= 0.6 is 0 Å². The molecule has 0 saturated heterocycles. The topological polar surface area (TPSA) is 78.9 Å². The molecule has 2 atom stereocenters. The third kappa shape index (κ3) is 47.7. The zero-order chi connectivity index (χ0) is 44.5. The van der Waals surface area contributed by atoms with Gasteiger partial charge in [-0.3, -0.25) is 14.4 Å². The van der Waals surface area contributed by atoms with Crippen molar-refractivity contribution in [2.24, 2.45) is 5.92 Å². The van der Waals surface area contributed by atoms with Crippen LogP contribution in [-0.2, 0) is 28.6 Å². The number of esters is 3. The lowest BCUT2D eigenvalue weighted by Crippen LogP contribution is -2.30. The summed E-state index contributed by atoms with van der Waals surface area (Å²) in [7, 11) is 0. The summed E-state index contributed by atoms with van der Waals surface area (Å²) >= 11 is 0. The van der Waals surface area contributed by atoms with Gasteiger partial charge in [0.25, 0.3) is 0 Å². The number of rotatable bonds is 50. The molecule has 0 aliphatic rings. The first-order chi connectivity index (χ1) is 29.9. The molecule has 6 heteroatoms. The van der Waals surface area contributed by atoms with Crippen molar-refractivity contribution >= 4 is 17.9 Å². The summed E-state index contributed by atoms with van der Waals surface area (Å²) in [5, 5.41) is 0. The van der Waals surface area contributed by atoms with Crippen molar-refractivity contribution in [2.75, 3.05) is 13.2 Å². The number of carbonyl (C=O) groups is 3. The number of hydrogen-bond acceptors (Lipinski definition) is 6. The van der Waals surface area contributed by atoms with Crippen molar-refractivity contribution in [3.8, 4) is 0 Å². The maximum absolute atomic E-state index is 12.8. The molecular formula is C55H106O6. The molecule has 0 rings (SSSR count). The molecule has 0 aromatic carbocycles. The van der Waals surface area contributed by atoms with Gasteiger partial charge in [-0.2, -0.15) is 0 Å². The highest BCUT2D eigenvalue weighted by molar-refractivity contribution is 5.71. The highest BCUT2D eigenvalue weighted by Gasteiger charge is 2.19. The predicted molar refractivity (Wildman–Crippen MR) is 261 cm³/mol. The van der Waals surface area contributed by atoms with E-state index in [1.807, 2.05) is 0 Å². The second kappa shape index (κ2) is 49.4. The van der Waals surface area contributed by atoms with Crippen LogP contribution < -0.4 is 0 Å². The van der Waals surface area contributed by atoms with Gasteiger partial charge >= 0.3 is 17.9 Å². The van der Waals surface area contributed by atoms with Gasteiger partial charge in [-0.05, 0) is 25.2 Å². The lowest BCUT2D eigenvalue weighted by Gasteiger charge is -2.18. The van der Waals surface area contributed by atoms with Gasteiger partial charge in [0.05, 0.1) is 0 Å². The van der Waals surface area contributed by atoms with E-state index < -0.39 is 6.10 Å². The standard InChI is InChI=1S/C55H106O6/c1-5-8-10-12-14-16-17-27-31-35-39-43-47-54(57)60-50-52(49-59-53(56)46-42-38-34-29-15-13-11-9-6-2)61-55(58)48-44-40-36-32-28-25-23-21-19-18-20-22-24-26-30-33-37-41-45-51(4)7-3/h51-52H,5-50H2,1-4H3/t51?,52-/m0/s1. The molecule has 0 bridgehead atoms. The van der Waals surface area contributed by atoms with Crippen molar-refractivity contribution in [1.29, 1.82) is 0 Å². The van der Waals surface area contributed by atoms with Gasteiger partial charge in [-0.15, -0.1) is 0 Å². The van der Waals surface area contributed by atoms with Gasteiger partial charge in [0.2, 0.25) is 0 Å². The average molecular weight is 863 g/mol. The molecular weight excluding hydrogens is 757 g/mol. The molecule has 0 aliphatic carbocycles. The smallest absolute Gasteiger partial charge is 0.306 e. The molecule has 362 valence electrons. The van der Waals surface area contributed by atoms with E-state index in [1.54, 1.807) is 0 Å². The summed E-state index contributed by atoms with van der Waals surface area (Å²) in [6.45, 7) is 9.07. The molecule has 61 heavy (non-hydrogen) atoms. The lowest BCUT2D eigenvalue weighted by molar-refractivity contribution is -0.167. The van der Waals surface area contributed by atoms with Gasteiger partial charge in [0, 0.05) is 19.3 Å². The van der Waals surface area contributed by atoms with Crippen LogP contribution in [0.3, 0.4) is 0 Å². The third-order valence-corrected chi connectivity index (χ3v) is 12.9. The monoisotopic (exact) mass is 863 g/mol. The molecule has 0 aromatic rings. The van der Waals surface area contributed by atoms with E-state index >= 15 is 0 Å². The van der Waals surface area contributed by atoms with E-state index in [9.17, 15) is 14.4 Å². The zero-order valence-corrected chi connectivity index (χ0v) is 41.6. The minimum Gasteiger partial charge on any atom is -0.462 e. The van der Waals surface area contributed by atoms with Crippen LogP contribution in [-0.4, -0.2) is 37.2 Å². The number of unbranched alkanes of at least 4 members (excludes halogenated alkanes) is 36. The summed E-state index contributed by atoms with van der Waals surface area (Å²) in [5.74, 6) is 0.0652. The van der Waals surface area contributed by atoms with E-state index in [-0.39, 0.29) is 31.1 Å². The second-order valence-electron chi connectivity index (χ2n) is 19.1. The Labute approximate surface area is 380 Å². The highest BCUT2D eigenvalue weighted by atomic mass is 16.6. The third-order valence-electron chi connectivity index (χ3n) is 12.9. The van der Waals surface area contributed by atoms with Gasteiger partial charge in [-0.1, -0.05) is 272 Å². The van der Waals surface area contributed by atoms with E-state index in [4.69, 9.17) is 14.2 Å². The van der Waals surface area contributed by atoms with Crippen LogP contribution in [0.25, 0.3) is 0 Å². The molecule has 0 heterocycles. The molecule has 0 fully saturated rings. The summed E-state index contributed by atoms with van der Waals surface area (Å²) in [4.78, 5) is 37.9. The van der Waals surface area contributed by atoms with Gasteiger partial charge in [0.15, 0.2) is 6.10 Å². The largest absolute Gasteiger partial charge is 0.462 e. The van der Waals surface area contributed by atoms with Gasteiger partial charge in [-0.25, -0.2) is 0 Å². The van der Waals surface area contributed by atoms with Crippen LogP contribution in [0.4, 0.5) is 0 Å².